The first-order valence-corrected chi connectivity index (χ1v) is 13.1. The number of amides is 1. The van der Waals surface area contributed by atoms with Crippen molar-refractivity contribution in [1.29, 1.82) is 0 Å². The minimum absolute atomic E-state index is 0.0334. The summed E-state index contributed by atoms with van der Waals surface area (Å²) in [5, 5.41) is 15.8. The van der Waals surface area contributed by atoms with Crippen LogP contribution in [-0.2, 0) is 4.79 Å². The highest BCUT2D eigenvalue weighted by Gasteiger charge is 2.22. The number of benzene rings is 2. The van der Waals surface area contributed by atoms with Gasteiger partial charge in [-0.3, -0.25) is 4.79 Å². The van der Waals surface area contributed by atoms with E-state index < -0.39 is 5.60 Å². The fraction of sp³-hybridized carbons (Fsp3) is 0.333. The molecule has 216 valence electrons. The number of aryl methyl sites for hydroxylation is 1. The lowest BCUT2D eigenvalue weighted by Crippen LogP contribution is -2.29. The van der Waals surface area contributed by atoms with Crippen molar-refractivity contribution in [2.24, 2.45) is 0 Å². The first-order chi connectivity index (χ1) is 19.4. The molecule has 0 aliphatic rings. The number of hydrogen-bond donors (Lipinski definition) is 2. The average Bonchev–Trinajstić information content (AvgIpc) is 3.32. The number of anilines is 2. The molecule has 1 amide bonds. The van der Waals surface area contributed by atoms with Crippen LogP contribution >= 0.6 is 0 Å². The van der Waals surface area contributed by atoms with Gasteiger partial charge in [-0.2, -0.15) is 5.10 Å². The zero-order valence-corrected chi connectivity index (χ0v) is 24.5. The second-order valence-electron chi connectivity index (χ2n) is 10.7. The first kappa shape index (κ1) is 29.5. The van der Waals surface area contributed by atoms with Gasteiger partial charge in [-0.25, -0.2) is 14.6 Å². The topological polar surface area (TPSA) is 132 Å². The van der Waals surface area contributed by atoms with Gasteiger partial charge in [-0.05, 0) is 64.7 Å². The zero-order chi connectivity index (χ0) is 29.9. The van der Waals surface area contributed by atoms with Crippen molar-refractivity contribution >= 4 is 28.4 Å². The van der Waals surface area contributed by atoms with Crippen molar-refractivity contribution in [2.75, 3.05) is 52.0 Å². The maximum Gasteiger partial charge on any atom is 0.250 e. The maximum atomic E-state index is 13.1. The Balaban J connectivity index is 1.86. The van der Waals surface area contributed by atoms with Gasteiger partial charge in [-0.15, -0.1) is 0 Å². The third-order valence-electron chi connectivity index (χ3n) is 6.37. The SMILES string of the molecule is COc1cc(-c2nn(-c3ccc(OCC(C)(C)O)c(N(C)C(=O)C=CCN(C)C)c3)c3ncnc(N)c23)ccc1C. The first-order valence-electron chi connectivity index (χ1n) is 13.1. The van der Waals surface area contributed by atoms with E-state index in [1.165, 1.54) is 17.3 Å². The van der Waals surface area contributed by atoms with E-state index in [4.69, 9.17) is 20.3 Å². The molecule has 0 aliphatic carbocycles. The summed E-state index contributed by atoms with van der Waals surface area (Å²) in [6, 6.07) is 11.2. The summed E-state index contributed by atoms with van der Waals surface area (Å²) >= 11 is 0. The van der Waals surface area contributed by atoms with Gasteiger partial charge in [0.05, 0.1) is 29.5 Å². The third-order valence-corrected chi connectivity index (χ3v) is 6.37. The van der Waals surface area contributed by atoms with Crippen molar-refractivity contribution in [1.82, 2.24) is 24.6 Å². The van der Waals surface area contributed by atoms with E-state index in [-0.39, 0.29) is 12.5 Å². The molecule has 0 saturated heterocycles. The van der Waals surface area contributed by atoms with Crippen LogP contribution in [0.2, 0.25) is 0 Å². The van der Waals surface area contributed by atoms with Crippen molar-refractivity contribution in [2.45, 2.75) is 26.4 Å². The van der Waals surface area contributed by atoms with Gasteiger partial charge in [0.15, 0.2) is 5.65 Å². The Morgan fingerprint density at radius 3 is 2.56 bits per heavy atom. The number of hydrogen-bond acceptors (Lipinski definition) is 9. The lowest BCUT2D eigenvalue weighted by Gasteiger charge is -2.23. The predicted molar refractivity (Wildman–Crippen MR) is 161 cm³/mol. The van der Waals surface area contributed by atoms with Gasteiger partial charge in [-0.1, -0.05) is 18.2 Å². The number of ether oxygens (including phenoxy) is 2. The van der Waals surface area contributed by atoms with Crippen molar-refractivity contribution in [3.63, 3.8) is 0 Å². The molecule has 0 atom stereocenters. The van der Waals surface area contributed by atoms with Crippen LogP contribution in [0.25, 0.3) is 28.0 Å². The minimum Gasteiger partial charge on any atom is -0.496 e. The summed E-state index contributed by atoms with van der Waals surface area (Å²) in [7, 11) is 7.15. The number of carbonyl (C=O) groups excluding carboxylic acids is 1. The Bertz CT molecular complexity index is 1590. The Labute approximate surface area is 239 Å². The van der Waals surface area contributed by atoms with Crippen molar-refractivity contribution in [3.05, 3.63) is 60.4 Å². The molecule has 11 nitrogen and oxygen atoms in total. The largest absolute Gasteiger partial charge is 0.496 e. The standard InChI is InChI=1S/C30H37N7O4/c1-19-10-11-20(15-24(19)40-7)27-26-28(31)32-18-33-29(26)37(34-27)21-12-13-23(41-17-30(2,3)39)22(16-21)36(6)25(38)9-8-14-35(4)5/h8-13,15-16,18,39H,14,17H2,1-7H3,(H2,31,32,33). The maximum absolute atomic E-state index is 13.1. The van der Waals surface area contributed by atoms with E-state index in [0.29, 0.717) is 46.2 Å². The highest BCUT2D eigenvalue weighted by atomic mass is 16.5. The smallest absolute Gasteiger partial charge is 0.250 e. The Kier molecular flexibility index (Phi) is 8.60. The molecule has 3 N–H and O–H groups in total. The molecular weight excluding hydrogens is 522 g/mol. The molecule has 0 radical (unpaired) electrons. The van der Waals surface area contributed by atoms with Crippen LogP contribution < -0.4 is 20.1 Å². The van der Waals surface area contributed by atoms with Gasteiger partial charge in [0.1, 0.15) is 35.9 Å². The molecule has 0 saturated carbocycles. The Morgan fingerprint density at radius 2 is 1.88 bits per heavy atom. The monoisotopic (exact) mass is 559 g/mol. The van der Waals surface area contributed by atoms with Crippen LogP contribution in [-0.4, -0.2) is 82.7 Å². The molecule has 2 aromatic heterocycles. The number of carbonyl (C=O) groups is 1. The van der Waals surface area contributed by atoms with Gasteiger partial charge in [0.2, 0.25) is 0 Å². The van der Waals surface area contributed by atoms with Crippen LogP contribution in [0.3, 0.4) is 0 Å². The lowest BCUT2D eigenvalue weighted by atomic mass is 10.1. The third kappa shape index (κ3) is 6.64. The molecule has 0 aliphatic heterocycles. The Hall–Kier alpha value is -4.48. The predicted octanol–water partition coefficient (Wildman–Crippen LogP) is 3.61. The normalized spacial score (nSPS) is 11.9. The van der Waals surface area contributed by atoms with Gasteiger partial charge >= 0.3 is 0 Å². The average molecular weight is 560 g/mol. The summed E-state index contributed by atoms with van der Waals surface area (Å²) < 4.78 is 13.2. The fourth-order valence-electron chi connectivity index (χ4n) is 4.19. The molecule has 0 unspecified atom stereocenters. The Morgan fingerprint density at radius 1 is 1.12 bits per heavy atom. The number of methoxy groups -OCH3 is 1. The fourth-order valence-corrected chi connectivity index (χ4v) is 4.19. The van der Waals surface area contributed by atoms with Gasteiger partial charge < -0.3 is 30.1 Å². The number of likely N-dealkylation sites (N-methyl/N-ethyl adjacent to an activating group) is 2. The number of nitrogen functional groups attached to an aromatic ring is 1. The van der Waals surface area contributed by atoms with Crippen LogP contribution in [0.1, 0.15) is 19.4 Å². The number of aliphatic hydroxyl groups is 1. The van der Waals surface area contributed by atoms with Crippen molar-refractivity contribution < 1.29 is 19.4 Å². The summed E-state index contributed by atoms with van der Waals surface area (Å²) in [5.41, 5.74) is 9.26. The molecule has 41 heavy (non-hydrogen) atoms. The molecule has 4 rings (SSSR count). The molecule has 0 spiro atoms. The highest BCUT2D eigenvalue weighted by Crippen LogP contribution is 2.36. The minimum atomic E-state index is -1.07. The van der Waals surface area contributed by atoms with Crippen LogP contribution in [0.5, 0.6) is 11.5 Å². The number of rotatable bonds is 10. The van der Waals surface area contributed by atoms with E-state index in [9.17, 15) is 9.90 Å². The van der Waals surface area contributed by atoms with Gasteiger partial charge in [0, 0.05) is 25.2 Å². The van der Waals surface area contributed by atoms with E-state index in [2.05, 4.69) is 9.97 Å². The van der Waals surface area contributed by atoms with E-state index in [0.717, 1.165) is 16.9 Å². The van der Waals surface area contributed by atoms with E-state index >= 15 is 0 Å². The molecule has 11 heteroatoms. The van der Waals surface area contributed by atoms with Crippen molar-refractivity contribution in [3.8, 4) is 28.4 Å². The summed E-state index contributed by atoms with van der Waals surface area (Å²) in [6.07, 6.45) is 4.71. The summed E-state index contributed by atoms with van der Waals surface area (Å²) in [5.74, 6) is 1.21. The van der Waals surface area contributed by atoms with E-state index in [1.54, 1.807) is 50.9 Å². The zero-order valence-electron chi connectivity index (χ0n) is 24.5. The second kappa shape index (κ2) is 11.9. The second-order valence-corrected chi connectivity index (χ2v) is 10.7. The van der Waals surface area contributed by atoms with E-state index in [1.807, 2.05) is 50.2 Å². The molecular formula is C30H37N7O4. The molecule has 0 bridgehead atoms. The number of nitrogens with two attached hydrogens (primary N) is 1. The number of nitrogens with zero attached hydrogens (tertiary/aromatic N) is 6. The van der Waals surface area contributed by atoms with Crippen LogP contribution in [0, 0.1) is 6.92 Å². The summed E-state index contributed by atoms with van der Waals surface area (Å²) in [6.45, 7) is 5.93. The number of aromatic nitrogens is 4. The van der Waals surface area contributed by atoms with Crippen LogP contribution in [0.4, 0.5) is 11.5 Å². The highest BCUT2D eigenvalue weighted by molar-refractivity contribution is 6.02. The molecule has 2 heterocycles. The van der Waals surface area contributed by atoms with Crippen LogP contribution in [0.15, 0.2) is 54.9 Å². The molecule has 2 aromatic carbocycles. The quantitative estimate of drug-likeness (QED) is 0.280. The molecule has 0 fully saturated rings. The summed E-state index contributed by atoms with van der Waals surface area (Å²) in [4.78, 5) is 25.3. The van der Waals surface area contributed by atoms with Gasteiger partial charge in [0.25, 0.3) is 5.91 Å². The lowest BCUT2D eigenvalue weighted by molar-refractivity contribution is -0.113. The number of fused-ring (bicyclic) bond motifs is 1. The molecule has 4 aromatic rings.